The van der Waals surface area contributed by atoms with Crippen molar-refractivity contribution in [3.8, 4) is 0 Å². The van der Waals surface area contributed by atoms with Crippen LogP contribution in [0, 0.1) is 10.1 Å². The van der Waals surface area contributed by atoms with Gasteiger partial charge in [0.15, 0.2) is 0 Å². The van der Waals surface area contributed by atoms with Crippen LogP contribution in [-0.2, 0) is 4.79 Å². The highest BCUT2D eigenvalue weighted by Crippen LogP contribution is 2.26. The van der Waals surface area contributed by atoms with E-state index in [4.69, 9.17) is 0 Å². The van der Waals surface area contributed by atoms with E-state index in [-0.39, 0.29) is 17.3 Å². The number of benzene rings is 1. The second kappa shape index (κ2) is 4.36. The van der Waals surface area contributed by atoms with Crippen LogP contribution in [0.3, 0.4) is 0 Å². The molecular weight excluding hydrogens is 196 g/mol. The van der Waals surface area contributed by atoms with Crippen LogP contribution in [0.5, 0.6) is 0 Å². The highest BCUT2D eigenvalue weighted by atomic mass is 16.6. The number of rotatable bonds is 3. The number of nitrogens with zero attached hydrogens (tertiary/aromatic N) is 2. The summed E-state index contributed by atoms with van der Waals surface area (Å²) in [7, 11) is 1.46. The van der Waals surface area contributed by atoms with Gasteiger partial charge >= 0.3 is 0 Å². The topological polar surface area (TPSA) is 63.5 Å². The van der Waals surface area contributed by atoms with Crippen molar-refractivity contribution in [2.75, 3.05) is 11.9 Å². The number of amides is 1. The summed E-state index contributed by atoms with van der Waals surface area (Å²) in [6.07, 6.45) is 1.11. The first-order valence-corrected chi connectivity index (χ1v) is 4.21. The van der Waals surface area contributed by atoms with Crippen LogP contribution in [0.1, 0.15) is 0 Å². The summed E-state index contributed by atoms with van der Waals surface area (Å²) in [6, 6.07) is 6.05. The second-order valence-corrected chi connectivity index (χ2v) is 2.85. The van der Waals surface area contributed by atoms with Crippen molar-refractivity contribution < 1.29 is 9.72 Å². The Hall–Kier alpha value is -2.17. The zero-order chi connectivity index (χ0) is 11.4. The van der Waals surface area contributed by atoms with E-state index in [1.54, 1.807) is 12.1 Å². The van der Waals surface area contributed by atoms with Gasteiger partial charge in [-0.05, 0) is 12.1 Å². The van der Waals surface area contributed by atoms with Gasteiger partial charge in [-0.2, -0.15) is 0 Å². The highest BCUT2D eigenvalue weighted by Gasteiger charge is 2.18. The van der Waals surface area contributed by atoms with Crippen LogP contribution in [0.25, 0.3) is 0 Å². The quantitative estimate of drug-likeness (QED) is 0.430. The Labute approximate surface area is 86.8 Å². The number of anilines is 1. The van der Waals surface area contributed by atoms with E-state index in [0.29, 0.717) is 0 Å². The average molecular weight is 206 g/mol. The number of para-hydroxylation sites is 2. The zero-order valence-electron chi connectivity index (χ0n) is 8.21. The molecule has 0 N–H and O–H groups in total. The molecule has 0 atom stereocenters. The van der Waals surface area contributed by atoms with Gasteiger partial charge in [0.2, 0.25) is 5.91 Å². The van der Waals surface area contributed by atoms with E-state index in [1.165, 1.54) is 24.1 Å². The predicted molar refractivity (Wildman–Crippen MR) is 56.7 cm³/mol. The lowest BCUT2D eigenvalue weighted by atomic mass is 10.2. The molecule has 78 valence electrons. The van der Waals surface area contributed by atoms with E-state index in [1.807, 2.05) is 0 Å². The molecule has 0 unspecified atom stereocenters. The molecule has 1 amide bonds. The molecule has 0 aromatic heterocycles. The molecule has 0 aliphatic rings. The third-order valence-corrected chi connectivity index (χ3v) is 1.94. The first-order chi connectivity index (χ1) is 7.07. The molecule has 1 rings (SSSR count). The van der Waals surface area contributed by atoms with Gasteiger partial charge in [0, 0.05) is 13.1 Å². The van der Waals surface area contributed by atoms with Crippen LogP contribution in [0.2, 0.25) is 0 Å². The molecule has 0 fully saturated rings. The number of hydrogen-bond donors (Lipinski definition) is 0. The second-order valence-electron chi connectivity index (χ2n) is 2.85. The zero-order valence-corrected chi connectivity index (χ0v) is 8.21. The first-order valence-electron chi connectivity index (χ1n) is 4.21. The molecule has 0 spiro atoms. The number of hydrogen-bond acceptors (Lipinski definition) is 3. The van der Waals surface area contributed by atoms with Crippen LogP contribution < -0.4 is 4.90 Å². The van der Waals surface area contributed by atoms with E-state index >= 15 is 0 Å². The van der Waals surface area contributed by atoms with Crippen molar-refractivity contribution in [3.63, 3.8) is 0 Å². The molecule has 0 heterocycles. The normalized spacial score (nSPS) is 9.40. The van der Waals surface area contributed by atoms with E-state index in [0.717, 1.165) is 6.08 Å². The summed E-state index contributed by atoms with van der Waals surface area (Å²) in [5, 5.41) is 10.7. The Kier molecular flexibility index (Phi) is 3.17. The van der Waals surface area contributed by atoms with Crippen molar-refractivity contribution in [2.24, 2.45) is 0 Å². The Morgan fingerprint density at radius 1 is 1.53 bits per heavy atom. The molecule has 0 saturated heterocycles. The maximum Gasteiger partial charge on any atom is 0.292 e. The first kappa shape index (κ1) is 10.9. The molecule has 0 saturated carbocycles. The number of carbonyl (C=O) groups is 1. The molecule has 0 aliphatic carbocycles. The number of carbonyl (C=O) groups excluding carboxylic acids is 1. The molecule has 0 aliphatic heterocycles. The fourth-order valence-corrected chi connectivity index (χ4v) is 1.16. The lowest BCUT2D eigenvalue weighted by Gasteiger charge is -2.14. The Bertz CT molecular complexity index is 415. The molecule has 0 bridgehead atoms. The van der Waals surface area contributed by atoms with Gasteiger partial charge in [-0.15, -0.1) is 0 Å². The van der Waals surface area contributed by atoms with Gasteiger partial charge in [-0.3, -0.25) is 14.9 Å². The molecular formula is C10H10N2O3. The summed E-state index contributed by atoms with van der Waals surface area (Å²) in [5.74, 6) is -0.385. The van der Waals surface area contributed by atoms with E-state index < -0.39 is 4.92 Å². The van der Waals surface area contributed by atoms with Crippen molar-refractivity contribution in [3.05, 3.63) is 47.0 Å². The number of nitro benzene ring substituents is 1. The van der Waals surface area contributed by atoms with Crippen LogP contribution >= 0.6 is 0 Å². The molecule has 5 nitrogen and oxygen atoms in total. The number of likely N-dealkylation sites (N-methyl/N-ethyl adjacent to an activating group) is 1. The fourth-order valence-electron chi connectivity index (χ4n) is 1.16. The minimum atomic E-state index is -0.526. The average Bonchev–Trinajstić information content (AvgIpc) is 2.27. The van der Waals surface area contributed by atoms with Crippen molar-refractivity contribution in [1.29, 1.82) is 0 Å². The van der Waals surface area contributed by atoms with Gasteiger partial charge < -0.3 is 4.90 Å². The maximum absolute atomic E-state index is 11.3. The smallest absolute Gasteiger partial charge is 0.292 e. The van der Waals surface area contributed by atoms with Crippen LogP contribution in [0.4, 0.5) is 11.4 Å². The predicted octanol–water partition coefficient (Wildman–Crippen LogP) is 1.74. The van der Waals surface area contributed by atoms with E-state index in [2.05, 4.69) is 6.58 Å². The minimum Gasteiger partial charge on any atom is -0.306 e. The lowest BCUT2D eigenvalue weighted by molar-refractivity contribution is -0.384. The third kappa shape index (κ3) is 2.19. The fraction of sp³-hybridized carbons (Fsp3) is 0.100. The Morgan fingerprint density at radius 2 is 2.13 bits per heavy atom. The molecule has 1 aromatic carbocycles. The molecule has 5 heteroatoms. The van der Waals surface area contributed by atoms with Gasteiger partial charge in [0.05, 0.1) is 4.92 Å². The summed E-state index contributed by atoms with van der Waals surface area (Å²) < 4.78 is 0. The van der Waals surface area contributed by atoms with Gasteiger partial charge in [0.25, 0.3) is 5.69 Å². The largest absolute Gasteiger partial charge is 0.306 e. The van der Waals surface area contributed by atoms with Crippen molar-refractivity contribution in [1.82, 2.24) is 0 Å². The summed E-state index contributed by atoms with van der Waals surface area (Å²) in [6.45, 7) is 3.32. The standard InChI is InChI=1S/C10H10N2O3/c1-3-10(13)11(2)8-6-4-5-7-9(8)12(14)15/h3-7H,1H2,2H3. The Balaban J connectivity index is 3.18. The minimum absolute atomic E-state index is 0.102. The van der Waals surface area contributed by atoms with Gasteiger partial charge in [0.1, 0.15) is 5.69 Å². The SMILES string of the molecule is C=CC(=O)N(C)c1ccccc1[N+](=O)[O-]. The maximum atomic E-state index is 11.3. The van der Waals surface area contributed by atoms with Crippen molar-refractivity contribution in [2.45, 2.75) is 0 Å². The van der Waals surface area contributed by atoms with E-state index in [9.17, 15) is 14.9 Å². The summed E-state index contributed by atoms with van der Waals surface area (Å²) >= 11 is 0. The molecule has 15 heavy (non-hydrogen) atoms. The monoisotopic (exact) mass is 206 g/mol. The summed E-state index contributed by atoms with van der Waals surface area (Å²) in [5.41, 5.74) is 0.155. The van der Waals surface area contributed by atoms with Crippen LogP contribution in [-0.4, -0.2) is 17.9 Å². The van der Waals surface area contributed by atoms with Crippen molar-refractivity contribution >= 4 is 17.3 Å². The Morgan fingerprint density at radius 3 is 2.67 bits per heavy atom. The van der Waals surface area contributed by atoms with Gasteiger partial charge in [-0.25, -0.2) is 0 Å². The number of nitro groups is 1. The van der Waals surface area contributed by atoms with Gasteiger partial charge in [-0.1, -0.05) is 18.7 Å². The molecule has 0 radical (unpaired) electrons. The summed E-state index contributed by atoms with van der Waals surface area (Å²) in [4.78, 5) is 22.6. The third-order valence-electron chi connectivity index (χ3n) is 1.94. The highest BCUT2D eigenvalue weighted by molar-refractivity contribution is 6.02. The lowest BCUT2D eigenvalue weighted by Crippen LogP contribution is -2.24. The molecule has 1 aromatic rings. The van der Waals surface area contributed by atoms with Crippen LogP contribution in [0.15, 0.2) is 36.9 Å².